The zero-order valence-electron chi connectivity index (χ0n) is 39.4. The number of phosphoric acid groups is 1. The Morgan fingerprint density at radius 3 is 1.25 bits per heavy atom. The lowest BCUT2D eigenvalue weighted by Crippen LogP contribution is -2.27. The predicted molar refractivity (Wildman–Crippen MR) is 252 cm³/mol. The molecule has 2 unspecified atom stereocenters. The van der Waals surface area contributed by atoms with Crippen molar-refractivity contribution in [3.8, 4) is 0 Å². The molecule has 0 saturated heterocycles. The van der Waals surface area contributed by atoms with Gasteiger partial charge < -0.3 is 20.1 Å². The summed E-state index contributed by atoms with van der Waals surface area (Å²) in [6.07, 6.45) is 51.5. The van der Waals surface area contributed by atoms with E-state index < -0.39 is 26.5 Å². The maximum atomic E-state index is 12.1. The Labute approximate surface area is 370 Å². The Morgan fingerprint density at radius 1 is 0.500 bits per heavy atom. The molecule has 0 spiro atoms. The molecule has 10 heteroatoms. The molecule has 0 aromatic carbocycles. The number of carbonyl (C=O) groups is 2. The first-order valence-corrected chi connectivity index (χ1v) is 27.2. The second kappa shape index (κ2) is 47.2. The van der Waals surface area contributed by atoms with E-state index >= 15 is 0 Å². The van der Waals surface area contributed by atoms with Crippen LogP contribution in [0.3, 0.4) is 0 Å². The van der Waals surface area contributed by atoms with Gasteiger partial charge in [0.15, 0.2) is 0 Å². The van der Waals surface area contributed by atoms with Crippen LogP contribution in [0.4, 0.5) is 0 Å². The lowest BCUT2D eigenvalue weighted by molar-refractivity contribution is -0.147. The van der Waals surface area contributed by atoms with Crippen molar-refractivity contribution in [3.05, 3.63) is 12.2 Å². The third kappa shape index (κ3) is 47.8. The Bertz CT molecular complexity index is 995. The van der Waals surface area contributed by atoms with Gasteiger partial charge in [0.1, 0.15) is 12.7 Å². The van der Waals surface area contributed by atoms with Gasteiger partial charge in [0.2, 0.25) is 5.91 Å². The number of hydrogen-bond acceptors (Lipinski definition) is 7. The number of hydrogen-bond donors (Lipinski definition) is 3. The first kappa shape index (κ1) is 58.8. The number of amides is 1. The number of unbranched alkanes of at least 4 members (excludes halogenated alkanes) is 34. The molecule has 0 heterocycles. The monoisotopic (exact) mass is 872 g/mol. The van der Waals surface area contributed by atoms with E-state index in [0.29, 0.717) is 6.42 Å². The molecular weight excluding hydrogens is 774 g/mol. The summed E-state index contributed by atoms with van der Waals surface area (Å²) < 4.78 is 27.0. The van der Waals surface area contributed by atoms with Crippen LogP contribution in [0.15, 0.2) is 12.2 Å². The van der Waals surface area contributed by atoms with Gasteiger partial charge in [-0.2, -0.15) is 0 Å². The van der Waals surface area contributed by atoms with E-state index in [0.717, 1.165) is 38.5 Å². The molecule has 0 radical (unpaired) electrons. The summed E-state index contributed by atoms with van der Waals surface area (Å²) >= 11 is 0. The molecule has 0 aromatic rings. The van der Waals surface area contributed by atoms with Crippen molar-refractivity contribution < 1.29 is 37.9 Å². The Kier molecular flexibility index (Phi) is 46.3. The van der Waals surface area contributed by atoms with Crippen LogP contribution in [0.25, 0.3) is 0 Å². The van der Waals surface area contributed by atoms with Crippen molar-refractivity contribution in [2.45, 2.75) is 270 Å². The first-order chi connectivity index (χ1) is 29.3. The number of ether oxygens (including phenoxy) is 1. The van der Waals surface area contributed by atoms with E-state index in [2.05, 4.69) is 31.3 Å². The fraction of sp³-hybridized carbons (Fsp3) is 0.920. The summed E-state index contributed by atoms with van der Waals surface area (Å²) in [4.78, 5) is 34.0. The molecule has 0 bridgehead atoms. The van der Waals surface area contributed by atoms with E-state index in [1.54, 1.807) is 0 Å². The SMILES string of the molecule is CCCCCCCCC/C=C\CCCCCCCCCC(=O)NCCOP(=O)(O)OCC(O)COC(=O)CCCCCCCCCCCCCCCCCCCCCCC. The number of carbonyl (C=O) groups excluding carboxylic acids is 2. The highest BCUT2D eigenvalue weighted by atomic mass is 31.2. The Morgan fingerprint density at radius 2 is 0.850 bits per heavy atom. The van der Waals surface area contributed by atoms with E-state index in [4.69, 9.17) is 13.8 Å². The number of nitrogens with one attached hydrogen (secondary N) is 1. The number of esters is 1. The Balaban J connectivity index is 3.52. The number of phosphoric ester groups is 1. The lowest BCUT2D eigenvalue weighted by Gasteiger charge is -2.15. The molecule has 9 nitrogen and oxygen atoms in total. The third-order valence-electron chi connectivity index (χ3n) is 11.4. The standard InChI is InChI=1S/C50H98NO8P/c1-3-5-7-9-11-13-15-17-19-21-23-24-25-27-29-31-33-35-37-39-41-43-50(54)57-46-48(52)47-59-60(55,56)58-45-44-51-49(53)42-40-38-36-34-32-30-28-26-22-20-18-16-14-12-10-8-6-4-2/h20,22,48,52H,3-19,21,23-47H2,1-2H3,(H,51,53)(H,55,56)/b22-20-. The topological polar surface area (TPSA) is 131 Å². The van der Waals surface area contributed by atoms with Gasteiger partial charge in [0.05, 0.1) is 13.2 Å². The average molecular weight is 872 g/mol. The summed E-state index contributed by atoms with van der Waals surface area (Å²) in [7, 11) is -4.42. The quantitative estimate of drug-likeness (QED) is 0.0238. The maximum absolute atomic E-state index is 12.1. The highest BCUT2D eigenvalue weighted by Crippen LogP contribution is 2.42. The van der Waals surface area contributed by atoms with Gasteiger partial charge >= 0.3 is 13.8 Å². The van der Waals surface area contributed by atoms with Gasteiger partial charge in [0, 0.05) is 19.4 Å². The minimum Gasteiger partial charge on any atom is -0.463 e. The minimum absolute atomic E-state index is 0.0833. The van der Waals surface area contributed by atoms with Gasteiger partial charge in [-0.15, -0.1) is 0 Å². The molecule has 0 fully saturated rings. The zero-order valence-corrected chi connectivity index (χ0v) is 40.3. The van der Waals surface area contributed by atoms with E-state index in [1.807, 2.05) is 0 Å². The largest absolute Gasteiger partial charge is 0.472 e. The fourth-order valence-electron chi connectivity index (χ4n) is 7.55. The summed E-state index contributed by atoms with van der Waals surface area (Å²) in [5, 5.41) is 12.7. The van der Waals surface area contributed by atoms with Gasteiger partial charge in [0.25, 0.3) is 0 Å². The molecule has 0 saturated carbocycles. The molecule has 60 heavy (non-hydrogen) atoms. The van der Waals surface area contributed by atoms with Crippen LogP contribution in [-0.4, -0.2) is 54.3 Å². The summed E-state index contributed by atoms with van der Waals surface area (Å²) in [5.74, 6) is -0.507. The molecular formula is C50H98NO8P. The normalized spacial score (nSPS) is 13.2. The van der Waals surface area contributed by atoms with Crippen LogP contribution in [0.1, 0.15) is 264 Å². The van der Waals surface area contributed by atoms with Gasteiger partial charge in [-0.3, -0.25) is 18.6 Å². The van der Waals surface area contributed by atoms with Crippen LogP contribution in [-0.2, 0) is 27.9 Å². The number of allylic oxidation sites excluding steroid dienone is 2. The number of aliphatic hydroxyl groups is 1. The second-order valence-electron chi connectivity index (χ2n) is 17.5. The van der Waals surface area contributed by atoms with Crippen molar-refractivity contribution >= 4 is 19.7 Å². The molecule has 0 aliphatic heterocycles. The number of rotatable bonds is 49. The van der Waals surface area contributed by atoms with Crippen LogP contribution in [0.2, 0.25) is 0 Å². The van der Waals surface area contributed by atoms with Crippen LogP contribution in [0, 0.1) is 0 Å². The zero-order chi connectivity index (χ0) is 43.9. The molecule has 3 N–H and O–H groups in total. The maximum Gasteiger partial charge on any atom is 0.472 e. The lowest BCUT2D eigenvalue weighted by atomic mass is 10.0. The second-order valence-corrected chi connectivity index (χ2v) is 19.0. The minimum atomic E-state index is -4.42. The highest BCUT2D eigenvalue weighted by molar-refractivity contribution is 7.47. The molecule has 356 valence electrons. The first-order valence-electron chi connectivity index (χ1n) is 25.7. The predicted octanol–water partition coefficient (Wildman–Crippen LogP) is 15.0. The molecule has 0 aliphatic rings. The molecule has 0 rings (SSSR count). The Hall–Kier alpha value is -1.25. The van der Waals surface area contributed by atoms with Gasteiger partial charge in [-0.25, -0.2) is 4.57 Å². The van der Waals surface area contributed by atoms with Crippen molar-refractivity contribution in [1.29, 1.82) is 0 Å². The molecule has 0 aromatic heterocycles. The van der Waals surface area contributed by atoms with E-state index in [1.165, 1.54) is 199 Å². The van der Waals surface area contributed by atoms with Crippen molar-refractivity contribution in [2.75, 3.05) is 26.4 Å². The van der Waals surface area contributed by atoms with Crippen molar-refractivity contribution in [3.63, 3.8) is 0 Å². The van der Waals surface area contributed by atoms with Gasteiger partial charge in [-0.05, 0) is 38.5 Å². The van der Waals surface area contributed by atoms with Crippen molar-refractivity contribution in [1.82, 2.24) is 5.32 Å². The van der Waals surface area contributed by atoms with Crippen LogP contribution >= 0.6 is 7.82 Å². The smallest absolute Gasteiger partial charge is 0.463 e. The summed E-state index contributed by atoms with van der Waals surface area (Å²) in [6.45, 7) is 3.60. The van der Waals surface area contributed by atoms with Crippen LogP contribution in [0.5, 0.6) is 0 Å². The van der Waals surface area contributed by atoms with E-state index in [9.17, 15) is 24.2 Å². The van der Waals surface area contributed by atoms with Crippen molar-refractivity contribution in [2.24, 2.45) is 0 Å². The summed E-state index contributed by atoms with van der Waals surface area (Å²) in [5.41, 5.74) is 0. The number of aliphatic hydroxyl groups excluding tert-OH is 1. The molecule has 1 amide bonds. The fourth-order valence-corrected chi connectivity index (χ4v) is 8.31. The molecule has 2 atom stereocenters. The van der Waals surface area contributed by atoms with Gasteiger partial charge in [-0.1, -0.05) is 225 Å². The van der Waals surface area contributed by atoms with E-state index in [-0.39, 0.29) is 32.1 Å². The third-order valence-corrected chi connectivity index (χ3v) is 12.4. The summed E-state index contributed by atoms with van der Waals surface area (Å²) in [6, 6.07) is 0. The highest BCUT2D eigenvalue weighted by Gasteiger charge is 2.23. The average Bonchev–Trinajstić information content (AvgIpc) is 3.23. The van der Waals surface area contributed by atoms with Crippen LogP contribution < -0.4 is 5.32 Å². The molecule has 0 aliphatic carbocycles.